The van der Waals surface area contributed by atoms with Gasteiger partial charge in [0.1, 0.15) is 0 Å². The van der Waals surface area contributed by atoms with E-state index in [1.54, 1.807) is 11.3 Å². The number of hydrogen-bond acceptors (Lipinski definition) is 6. The van der Waals surface area contributed by atoms with Crippen LogP contribution >= 0.6 is 11.3 Å². The normalized spacial score (nSPS) is 15.0. The molecule has 1 amide bonds. The van der Waals surface area contributed by atoms with E-state index in [-0.39, 0.29) is 5.91 Å². The van der Waals surface area contributed by atoms with Crippen LogP contribution in [0.1, 0.15) is 31.1 Å². The van der Waals surface area contributed by atoms with Crippen molar-refractivity contribution in [3.63, 3.8) is 0 Å². The molecule has 0 spiro atoms. The van der Waals surface area contributed by atoms with Crippen molar-refractivity contribution in [2.75, 3.05) is 51.8 Å². The summed E-state index contributed by atoms with van der Waals surface area (Å²) in [5, 5.41) is 3.71. The first kappa shape index (κ1) is 21.9. The van der Waals surface area contributed by atoms with Crippen LogP contribution in [0.15, 0.2) is 30.3 Å². The second-order valence-electron chi connectivity index (χ2n) is 7.50. The number of nitrogens with one attached hydrogen (secondary N) is 1. The van der Waals surface area contributed by atoms with Crippen molar-refractivity contribution in [2.45, 2.75) is 32.7 Å². The van der Waals surface area contributed by atoms with Gasteiger partial charge in [0.15, 0.2) is 5.13 Å². The summed E-state index contributed by atoms with van der Waals surface area (Å²) >= 11 is 1.59. The van der Waals surface area contributed by atoms with E-state index in [1.807, 2.05) is 18.2 Å². The SMILES string of the molecule is CCCCN(C)CCC(=O)Nc1nc(-c2ccccc2)c(CN2CCOCC2)s1. The fourth-order valence-electron chi connectivity index (χ4n) is 3.31. The van der Waals surface area contributed by atoms with Gasteiger partial charge in [0.2, 0.25) is 5.91 Å². The predicted molar refractivity (Wildman–Crippen MR) is 119 cm³/mol. The molecular weight excluding hydrogens is 384 g/mol. The van der Waals surface area contributed by atoms with Crippen molar-refractivity contribution in [1.82, 2.24) is 14.8 Å². The summed E-state index contributed by atoms with van der Waals surface area (Å²) < 4.78 is 5.47. The Morgan fingerprint density at radius 3 is 2.72 bits per heavy atom. The van der Waals surface area contributed by atoms with Crippen molar-refractivity contribution in [1.29, 1.82) is 0 Å². The van der Waals surface area contributed by atoms with Crippen LogP contribution in [0.2, 0.25) is 0 Å². The molecule has 1 aromatic heterocycles. The second-order valence-corrected chi connectivity index (χ2v) is 8.58. The van der Waals surface area contributed by atoms with Crippen LogP contribution in [-0.4, -0.2) is 67.1 Å². The lowest BCUT2D eigenvalue weighted by Gasteiger charge is -2.26. The van der Waals surface area contributed by atoms with Crippen LogP contribution in [-0.2, 0) is 16.1 Å². The third-order valence-corrected chi connectivity index (χ3v) is 6.03. The van der Waals surface area contributed by atoms with Gasteiger partial charge in [0, 0.05) is 43.0 Å². The van der Waals surface area contributed by atoms with Crippen LogP contribution in [0.4, 0.5) is 5.13 Å². The second kappa shape index (κ2) is 11.4. The highest BCUT2D eigenvalue weighted by molar-refractivity contribution is 7.16. The molecule has 0 atom stereocenters. The number of carbonyl (C=O) groups excluding carboxylic acids is 1. The molecule has 3 rings (SSSR count). The van der Waals surface area contributed by atoms with Crippen molar-refractivity contribution in [3.05, 3.63) is 35.2 Å². The van der Waals surface area contributed by atoms with E-state index in [0.717, 1.165) is 63.6 Å². The third-order valence-electron chi connectivity index (χ3n) is 5.08. The number of rotatable bonds is 10. The Labute approximate surface area is 177 Å². The van der Waals surface area contributed by atoms with E-state index in [2.05, 4.69) is 41.2 Å². The van der Waals surface area contributed by atoms with Gasteiger partial charge in [-0.1, -0.05) is 55.0 Å². The molecule has 1 fully saturated rings. The van der Waals surface area contributed by atoms with Gasteiger partial charge in [-0.25, -0.2) is 4.98 Å². The average molecular weight is 417 g/mol. The maximum Gasteiger partial charge on any atom is 0.227 e. The predicted octanol–water partition coefficient (Wildman–Crippen LogP) is 3.70. The maximum absolute atomic E-state index is 12.4. The van der Waals surface area contributed by atoms with E-state index in [0.29, 0.717) is 11.6 Å². The molecule has 2 heterocycles. The van der Waals surface area contributed by atoms with Gasteiger partial charge < -0.3 is 15.0 Å². The molecule has 7 heteroatoms. The van der Waals surface area contributed by atoms with Crippen LogP contribution in [0.25, 0.3) is 11.3 Å². The van der Waals surface area contributed by atoms with Gasteiger partial charge in [-0.2, -0.15) is 0 Å². The smallest absolute Gasteiger partial charge is 0.227 e. The quantitative estimate of drug-likeness (QED) is 0.640. The van der Waals surface area contributed by atoms with Crippen molar-refractivity contribution in [2.24, 2.45) is 0 Å². The minimum atomic E-state index is 0.0274. The summed E-state index contributed by atoms with van der Waals surface area (Å²) in [6.07, 6.45) is 2.82. The summed E-state index contributed by atoms with van der Waals surface area (Å²) in [6.45, 7) is 8.22. The van der Waals surface area contributed by atoms with Crippen molar-refractivity contribution < 1.29 is 9.53 Å². The standard InChI is InChI=1S/C22H32N4O2S/c1-3-4-11-25(2)12-10-20(27)23-22-24-21(18-8-6-5-7-9-18)19(29-22)17-26-13-15-28-16-14-26/h5-9H,3-4,10-17H2,1-2H3,(H,23,24,27). The Morgan fingerprint density at radius 1 is 1.24 bits per heavy atom. The summed E-state index contributed by atoms with van der Waals surface area (Å²) in [5.74, 6) is 0.0274. The molecule has 1 saturated heterocycles. The highest BCUT2D eigenvalue weighted by atomic mass is 32.1. The molecule has 2 aromatic rings. The molecule has 29 heavy (non-hydrogen) atoms. The topological polar surface area (TPSA) is 57.7 Å². The first-order valence-electron chi connectivity index (χ1n) is 10.5. The number of thiazole rings is 1. The molecule has 0 aliphatic carbocycles. The van der Waals surface area contributed by atoms with Gasteiger partial charge in [-0.15, -0.1) is 0 Å². The molecule has 0 unspecified atom stereocenters. The van der Waals surface area contributed by atoms with Gasteiger partial charge in [0.05, 0.1) is 18.9 Å². The molecule has 6 nitrogen and oxygen atoms in total. The average Bonchev–Trinajstić information content (AvgIpc) is 3.14. The molecule has 0 bridgehead atoms. The zero-order chi connectivity index (χ0) is 20.5. The number of aromatic nitrogens is 1. The lowest BCUT2D eigenvalue weighted by atomic mass is 10.1. The van der Waals surface area contributed by atoms with Gasteiger partial charge >= 0.3 is 0 Å². The monoisotopic (exact) mass is 416 g/mol. The third kappa shape index (κ3) is 6.89. The highest BCUT2D eigenvalue weighted by Crippen LogP contribution is 2.32. The van der Waals surface area contributed by atoms with Crippen LogP contribution in [0.5, 0.6) is 0 Å². The van der Waals surface area contributed by atoms with E-state index in [1.165, 1.54) is 11.3 Å². The van der Waals surface area contributed by atoms with Crippen LogP contribution in [0, 0.1) is 0 Å². The Morgan fingerprint density at radius 2 is 2.00 bits per heavy atom. The fraction of sp³-hybridized carbons (Fsp3) is 0.545. The summed E-state index contributed by atoms with van der Waals surface area (Å²) in [6, 6.07) is 10.2. The number of benzene rings is 1. The van der Waals surface area contributed by atoms with E-state index >= 15 is 0 Å². The zero-order valence-corrected chi connectivity index (χ0v) is 18.3. The number of unbranched alkanes of at least 4 members (excludes halogenated alkanes) is 1. The largest absolute Gasteiger partial charge is 0.379 e. The maximum atomic E-state index is 12.4. The highest BCUT2D eigenvalue weighted by Gasteiger charge is 2.19. The number of morpholine rings is 1. The molecule has 1 aliphatic rings. The van der Waals surface area contributed by atoms with E-state index in [4.69, 9.17) is 9.72 Å². The molecule has 1 aromatic carbocycles. The van der Waals surface area contributed by atoms with Crippen LogP contribution < -0.4 is 5.32 Å². The number of carbonyl (C=O) groups is 1. The number of hydrogen-bond donors (Lipinski definition) is 1. The number of amides is 1. The first-order chi connectivity index (χ1) is 14.2. The molecule has 1 aliphatic heterocycles. The molecular formula is C22H32N4O2S. The summed E-state index contributed by atoms with van der Waals surface area (Å²) in [5.41, 5.74) is 2.06. The molecule has 1 N–H and O–H groups in total. The van der Waals surface area contributed by atoms with E-state index < -0.39 is 0 Å². The van der Waals surface area contributed by atoms with Gasteiger partial charge in [-0.05, 0) is 20.0 Å². The number of anilines is 1. The minimum absolute atomic E-state index is 0.0274. The lowest BCUT2D eigenvalue weighted by molar-refractivity contribution is -0.116. The molecule has 158 valence electrons. The van der Waals surface area contributed by atoms with Gasteiger partial charge in [-0.3, -0.25) is 9.69 Å². The lowest BCUT2D eigenvalue weighted by Crippen LogP contribution is -2.35. The van der Waals surface area contributed by atoms with E-state index in [9.17, 15) is 4.79 Å². The Bertz CT molecular complexity index is 759. The number of nitrogens with zero attached hydrogens (tertiary/aromatic N) is 3. The fourth-order valence-corrected chi connectivity index (χ4v) is 4.35. The van der Waals surface area contributed by atoms with Gasteiger partial charge in [0.25, 0.3) is 0 Å². The zero-order valence-electron chi connectivity index (χ0n) is 17.5. The first-order valence-corrected chi connectivity index (χ1v) is 11.3. The van der Waals surface area contributed by atoms with Crippen molar-refractivity contribution >= 4 is 22.4 Å². The minimum Gasteiger partial charge on any atom is -0.379 e. The summed E-state index contributed by atoms with van der Waals surface area (Å²) in [7, 11) is 2.07. The number of ether oxygens (including phenoxy) is 1. The Hall–Kier alpha value is -1.80. The van der Waals surface area contributed by atoms with Crippen LogP contribution in [0.3, 0.4) is 0 Å². The Balaban J connectivity index is 1.66. The molecule has 0 saturated carbocycles. The summed E-state index contributed by atoms with van der Waals surface area (Å²) in [4.78, 5) is 23.0. The Kier molecular flexibility index (Phi) is 8.61. The van der Waals surface area contributed by atoms with Crippen molar-refractivity contribution in [3.8, 4) is 11.3 Å². The molecule has 0 radical (unpaired) electrons.